The Hall–Kier alpha value is -1.54. The number of alkyl halides is 3. The minimum atomic E-state index is -4.40. The van der Waals surface area contributed by atoms with Crippen molar-refractivity contribution in [3.8, 4) is 6.07 Å². The lowest BCUT2D eigenvalue weighted by molar-refractivity contribution is -0.137. The molecule has 0 aliphatic carbocycles. The molecule has 0 saturated heterocycles. The van der Waals surface area contributed by atoms with E-state index in [2.05, 4.69) is 0 Å². The van der Waals surface area contributed by atoms with E-state index in [0.717, 1.165) is 12.1 Å². The summed E-state index contributed by atoms with van der Waals surface area (Å²) in [6, 6.07) is 6.29. The van der Waals surface area contributed by atoms with Gasteiger partial charge in [-0.05, 0) is 23.1 Å². The summed E-state index contributed by atoms with van der Waals surface area (Å²) in [6.45, 7) is 5.31. The Balaban J connectivity index is 3.06. The fourth-order valence-corrected chi connectivity index (χ4v) is 1.71. The highest BCUT2D eigenvalue weighted by molar-refractivity contribution is 5.31. The molecule has 0 heterocycles. The van der Waals surface area contributed by atoms with Crippen LogP contribution in [0.25, 0.3) is 0 Å². The van der Waals surface area contributed by atoms with Crippen molar-refractivity contribution in [2.45, 2.75) is 39.0 Å². The molecule has 1 aromatic carbocycles. The van der Waals surface area contributed by atoms with Crippen LogP contribution < -0.4 is 0 Å². The molecule has 0 spiro atoms. The van der Waals surface area contributed by atoms with Crippen molar-refractivity contribution in [3.63, 3.8) is 0 Å². The van der Waals surface area contributed by atoms with Gasteiger partial charge in [-0.2, -0.15) is 18.4 Å². The topological polar surface area (TPSA) is 44.0 Å². The third-order valence-corrected chi connectivity index (χ3v) is 2.94. The average molecular weight is 271 g/mol. The second-order valence-electron chi connectivity index (χ2n) is 5.54. The minimum Gasteiger partial charge on any atom is -0.391 e. The van der Waals surface area contributed by atoms with Gasteiger partial charge in [0.15, 0.2) is 0 Å². The van der Waals surface area contributed by atoms with Crippen molar-refractivity contribution >= 4 is 0 Å². The number of benzene rings is 1. The van der Waals surface area contributed by atoms with Gasteiger partial charge in [-0.1, -0.05) is 32.9 Å². The lowest BCUT2D eigenvalue weighted by atomic mass is 9.79. The van der Waals surface area contributed by atoms with E-state index in [1.165, 1.54) is 12.1 Å². The maximum atomic E-state index is 12.4. The molecule has 0 radical (unpaired) electrons. The van der Waals surface area contributed by atoms with Crippen LogP contribution in [0.2, 0.25) is 0 Å². The van der Waals surface area contributed by atoms with Crippen molar-refractivity contribution in [2.24, 2.45) is 5.41 Å². The zero-order chi connectivity index (χ0) is 14.8. The Morgan fingerprint density at radius 2 is 1.58 bits per heavy atom. The maximum absolute atomic E-state index is 12.4. The van der Waals surface area contributed by atoms with Crippen LogP contribution in [-0.4, -0.2) is 11.2 Å². The number of hydrogen-bond donors (Lipinski definition) is 1. The van der Waals surface area contributed by atoms with Crippen LogP contribution in [0.5, 0.6) is 0 Å². The number of halogens is 3. The van der Waals surface area contributed by atoms with Crippen LogP contribution in [0.4, 0.5) is 13.2 Å². The Labute approximate surface area is 110 Å². The molecular formula is C14H16F3NO. The summed E-state index contributed by atoms with van der Waals surface area (Å²) in [5, 5.41) is 19.2. The lowest BCUT2D eigenvalue weighted by Crippen LogP contribution is -2.31. The first-order valence-electron chi connectivity index (χ1n) is 5.82. The fraction of sp³-hybridized carbons (Fsp3) is 0.500. The third kappa shape index (κ3) is 3.71. The zero-order valence-electron chi connectivity index (χ0n) is 11.0. The molecule has 0 aromatic heterocycles. The highest BCUT2D eigenvalue weighted by atomic mass is 19.4. The van der Waals surface area contributed by atoms with Crippen LogP contribution >= 0.6 is 0 Å². The maximum Gasteiger partial charge on any atom is 0.416 e. The first kappa shape index (κ1) is 15.5. The highest BCUT2D eigenvalue weighted by Crippen LogP contribution is 2.34. The average Bonchev–Trinajstić information content (AvgIpc) is 2.28. The van der Waals surface area contributed by atoms with Gasteiger partial charge < -0.3 is 5.11 Å². The van der Waals surface area contributed by atoms with Gasteiger partial charge in [0.25, 0.3) is 0 Å². The second kappa shape index (κ2) is 5.22. The summed E-state index contributed by atoms with van der Waals surface area (Å²) in [5.41, 5.74) is -0.903. The number of nitrogens with zero attached hydrogens (tertiary/aromatic N) is 1. The van der Waals surface area contributed by atoms with Gasteiger partial charge >= 0.3 is 6.18 Å². The van der Waals surface area contributed by atoms with Gasteiger partial charge in [-0.15, -0.1) is 0 Å². The molecule has 1 aromatic rings. The van der Waals surface area contributed by atoms with E-state index in [1.54, 1.807) is 20.8 Å². The van der Waals surface area contributed by atoms with Gasteiger partial charge in [0.1, 0.15) is 0 Å². The standard InChI is InChI=1S/C14H16F3NO/c1-13(2,3)12(19)11(8-18)9-4-6-10(7-5-9)14(15,16)17/h4-7,11-12,19H,1-3H3. The van der Waals surface area contributed by atoms with Gasteiger partial charge in [0, 0.05) is 0 Å². The molecular weight excluding hydrogens is 255 g/mol. The molecule has 19 heavy (non-hydrogen) atoms. The van der Waals surface area contributed by atoms with Crippen molar-refractivity contribution in [1.29, 1.82) is 5.26 Å². The summed E-state index contributed by atoms with van der Waals surface area (Å²) in [4.78, 5) is 0. The predicted molar refractivity (Wildman–Crippen MR) is 65.3 cm³/mol. The van der Waals surface area contributed by atoms with E-state index < -0.39 is 29.2 Å². The summed E-state index contributed by atoms with van der Waals surface area (Å²) in [7, 11) is 0. The first-order valence-corrected chi connectivity index (χ1v) is 5.82. The Morgan fingerprint density at radius 1 is 1.11 bits per heavy atom. The van der Waals surface area contributed by atoms with Crippen molar-refractivity contribution in [1.82, 2.24) is 0 Å². The van der Waals surface area contributed by atoms with E-state index in [1.807, 2.05) is 6.07 Å². The third-order valence-electron chi connectivity index (χ3n) is 2.94. The molecule has 1 rings (SSSR count). The molecule has 0 aliphatic rings. The van der Waals surface area contributed by atoms with E-state index in [-0.39, 0.29) is 0 Å². The molecule has 0 aliphatic heterocycles. The van der Waals surface area contributed by atoms with Gasteiger partial charge in [0.2, 0.25) is 0 Å². The van der Waals surface area contributed by atoms with Crippen LogP contribution in [0.1, 0.15) is 37.8 Å². The second-order valence-corrected chi connectivity index (χ2v) is 5.54. The Bertz CT molecular complexity index is 465. The van der Waals surface area contributed by atoms with E-state index >= 15 is 0 Å². The molecule has 2 atom stereocenters. The summed E-state index contributed by atoms with van der Waals surface area (Å²) >= 11 is 0. The lowest BCUT2D eigenvalue weighted by Gasteiger charge is -2.29. The molecule has 1 N–H and O–H groups in total. The van der Waals surface area contributed by atoms with Crippen LogP contribution in [0.15, 0.2) is 24.3 Å². The van der Waals surface area contributed by atoms with Gasteiger partial charge in [0.05, 0.1) is 23.7 Å². The van der Waals surface area contributed by atoms with Crippen molar-refractivity contribution in [2.75, 3.05) is 0 Å². The van der Waals surface area contributed by atoms with Crippen molar-refractivity contribution < 1.29 is 18.3 Å². The fourth-order valence-electron chi connectivity index (χ4n) is 1.71. The largest absolute Gasteiger partial charge is 0.416 e. The molecule has 0 amide bonds. The molecule has 2 unspecified atom stereocenters. The molecule has 0 bridgehead atoms. The normalized spacial score (nSPS) is 15.7. The van der Waals surface area contributed by atoms with Crippen LogP contribution in [-0.2, 0) is 6.18 Å². The smallest absolute Gasteiger partial charge is 0.391 e. The van der Waals surface area contributed by atoms with Crippen LogP contribution in [0, 0.1) is 16.7 Å². The highest BCUT2D eigenvalue weighted by Gasteiger charge is 2.33. The SMILES string of the molecule is CC(C)(C)C(O)C(C#N)c1ccc(C(F)(F)F)cc1. The number of aliphatic hydroxyl groups is 1. The molecule has 0 saturated carbocycles. The van der Waals surface area contributed by atoms with Gasteiger partial charge in [-0.3, -0.25) is 0 Å². The molecule has 0 fully saturated rings. The summed E-state index contributed by atoms with van der Waals surface area (Å²) < 4.78 is 37.3. The van der Waals surface area contributed by atoms with E-state index in [9.17, 15) is 18.3 Å². The number of rotatable bonds is 2. The Morgan fingerprint density at radius 3 is 1.89 bits per heavy atom. The molecule has 5 heteroatoms. The zero-order valence-corrected chi connectivity index (χ0v) is 11.0. The van der Waals surface area contributed by atoms with Crippen molar-refractivity contribution in [3.05, 3.63) is 35.4 Å². The molecule has 104 valence electrons. The molecule has 2 nitrogen and oxygen atoms in total. The van der Waals surface area contributed by atoms with Gasteiger partial charge in [-0.25, -0.2) is 0 Å². The summed E-state index contributed by atoms with van der Waals surface area (Å²) in [6.07, 6.45) is -5.35. The van der Waals surface area contributed by atoms with Crippen LogP contribution in [0.3, 0.4) is 0 Å². The summed E-state index contributed by atoms with van der Waals surface area (Å²) in [5.74, 6) is -0.845. The number of aliphatic hydroxyl groups excluding tert-OH is 1. The minimum absolute atomic E-state index is 0.387. The Kier molecular flexibility index (Phi) is 4.26. The number of nitriles is 1. The first-order chi connectivity index (χ1) is 8.57. The van der Waals surface area contributed by atoms with E-state index in [4.69, 9.17) is 5.26 Å². The predicted octanol–water partition coefficient (Wildman–Crippen LogP) is 3.72. The monoisotopic (exact) mass is 271 g/mol. The van der Waals surface area contributed by atoms with E-state index in [0.29, 0.717) is 5.56 Å². The number of hydrogen-bond acceptors (Lipinski definition) is 2. The quantitative estimate of drug-likeness (QED) is 0.890.